The minimum Gasteiger partial charge on any atom is -0.492 e. The Morgan fingerprint density at radius 2 is 1.65 bits per heavy atom. The van der Waals surface area contributed by atoms with Gasteiger partial charge in [-0.25, -0.2) is 0 Å². The third-order valence-corrected chi connectivity index (χ3v) is 3.59. The fourth-order valence-corrected chi connectivity index (χ4v) is 2.23. The lowest BCUT2D eigenvalue weighted by Crippen LogP contribution is -2.38. The van der Waals surface area contributed by atoms with Crippen molar-refractivity contribution in [2.75, 3.05) is 26.8 Å². The van der Waals surface area contributed by atoms with E-state index in [-0.39, 0.29) is 24.0 Å². The van der Waals surface area contributed by atoms with E-state index >= 15 is 0 Å². The molecule has 2 N–H and O–H groups in total. The summed E-state index contributed by atoms with van der Waals surface area (Å²) in [5, 5.41) is 6.54. The van der Waals surface area contributed by atoms with Crippen LogP contribution in [0.3, 0.4) is 0 Å². The van der Waals surface area contributed by atoms with Gasteiger partial charge < -0.3 is 20.1 Å². The van der Waals surface area contributed by atoms with E-state index < -0.39 is 0 Å². The lowest BCUT2D eigenvalue weighted by Gasteiger charge is -2.13. The first-order chi connectivity index (χ1) is 12.3. The number of rotatable bonds is 9. The fraction of sp³-hybridized carbons (Fsp3) is 0.350. The van der Waals surface area contributed by atoms with Crippen molar-refractivity contribution in [3.8, 4) is 5.75 Å². The van der Waals surface area contributed by atoms with Crippen molar-refractivity contribution < 1.29 is 9.47 Å². The molecule has 0 amide bonds. The highest BCUT2D eigenvalue weighted by Crippen LogP contribution is 2.07. The Labute approximate surface area is 173 Å². The Kier molecular flexibility index (Phi) is 11.5. The number of benzene rings is 2. The van der Waals surface area contributed by atoms with Gasteiger partial charge in [0, 0.05) is 20.2 Å². The summed E-state index contributed by atoms with van der Waals surface area (Å²) in [6, 6.07) is 18.2. The molecule has 0 aliphatic heterocycles. The van der Waals surface area contributed by atoms with Crippen molar-refractivity contribution in [1.82, 2.24) is 10.6 Å². The van der Waals surface area contributed by atoms with Crippen molar-refractivity contribution in [3.05, 3.63) is 65.7 Å². The van der Waals surface area contributed by atoms with Crippen molar-refractivity contribution in [2.24, 2.45) is 4.99 Å². The van der Waals surface area contributed by atoms with Crippen molar-refractivity contribution in [3.63, 3.8) is 0 Å². The lowest BCUT2D eigenvalue weighted by atomic mass is 10.1. The standard InChI is InChI=1S/C20H27N3O2.HI/c1-3-24-16-18-11-9-17(10-12-18)15-23-20(21-2)22-13-14-25-19-7-5-4-6-8-19;/h4-12H,3,13-16H2,1-2H3,(H2,21,22,23);1H. The van der Waals surface area contributed by atoms with Crippen molar-refractivity contribution in [1.29, 1.82) is 0 Å². The summed E-state index contributed by atoms with van der Waals surface area (Å²) in [7, 11) is 1.76. The molecule has 0 saturated carbocycles. The number of nitrogens with zero attached hydrogens (tertiary/aromatic N) is 1. The quantitative estimate of drug-likeness (QED) is 0.255. The van der Waals surface area contributed by atoms with Crippen LogP contribution < -0.4 is 15.4 Å². The van der Waals surface area contributed by atoms with Gasteiger partial charge in [-0.3, -0.25) is 4.99 Å². The van der Waals surface area contributed by atoms with E-state index in [1.807, 2.05) is 37.3 Å². The Morgan fingerprint density at radius 3 is 2.31 bits per heavy atom. The molecule has 0 saturated heterocycles. The molecular formula is C20H28IN3O2. The van der Waals surface area contributed by atoms with Gasteiger partial charge in [0.25, 0.3) is 0 Å². The third kappa shape index (κ3) is 8.53. The first kappa shape index (κ1) is 22.2. The maximum absolute atomic E-state index is 5.65. The van der Waals surface area contributed by atoms with E-state index in [0.717, 1.165) is 18.3 Å². The minimum atomic E-state index is 0. The van der Waals surface area contributed by atoms with Crippen LogP contribution in [0.5, 0.6) is 5.75 Å². The molecule has 0 aliphatic rings. The van der Waals surface area contributed by atoms with E-state index in [1.54, 1.807) is 7.05 Å². The number of halogens is 1. The first-order valence-corrected chi connectivity index (χ1v) is 8.59. The molecule has 0 aromatic heterocycles. The first-order valence-electron chi connectivity index (χ1n) is 8.59. The zero-order valence-electron chi connectivity index (χ0n) is 15.4. The lowest BCUT2D eigenvalue weighted by molar-refractivity contribution is 0.134. The van der Waals surface area contributed by atoms with Gasteiger partial charge >= 0.3 is 0 Å². The number of hydrogen-bond acceptors (Lipinski definition) is 3. The van der Waals surface area contributed by atoms with Gasteiger partial charge in [0.2, 0.25) is 0 Å². The molecule has 0 unspecified atom stereocenters. The number of guanidine groups is 1. The van der Waals surface area contributed by atoms with E-state index in [2.05, 4.69) is 39.9 Å². The van der Waals surface area contributed by atoms with Crippen LogP contribution in [-0.2, 0) is 17.9 Å². The third-order valence-electron chi connectivity index (χ3n) is 3.59. The zero-order chi connectivity index (χ0) is 17.7. The second kappa shape index (κ2) is 13.4. The number of nitrogens with one attached hydrogen (secondary N) is 2. The predicted molar refractivity (Wildman–Crippen MR) is 117 cm³/mol. The van der Waals surface area contributed by atoms with Crippen LogP contribution in [0.2, 0.25) is 0 Å². The highest BCUT2D eigenvalue weighted by Gasteiger charge is 1.99. The second-order valence-electron chi connectivity index (χ2n) is 5.47. The minimum absolute atomic E-state index is 0. The highest BCUT2D eigenvalue weighted by molar-refractivity contribution is 14.0. The van der Waals surface area contributed by atoms with Crippen LogP contribution in [0.4, 0.5) is 0 Å². The molecule has 6 heteroatoms. The summed E-state index contributed by atoms with van der Waals surface area (Å²) in [6.45, 7) is 5.38. The van der Waals surface area contributed by atoms with Crippen molar-refractivity contribution in [2.45, 2.75) is 20.1 Å². The molecule has 142 valence electrons. The largest absolute Gasteiger partial charge is 0.492 e. The van der Waals surface area contributed by atoms with Crippen LogP contribution in [0.15, 0.2) is 59.6 Å². The molecule has 2 rings (SSSR count). The highest BCUT2D eigenvalue weighted by atomic mass is 127. The molecule has 5 nitrogen and oxygen atoms in total. The number of hydrogen-bond donors (Lipinski definition) is 2. The molecular weight excluding hydrogens is 441 g/mol. The maximum atomic E-state index is 5.65. The van der Waals surface area contributed by atoms with Crippen LogP contribution in [-0.4, -0.2) is 32.8 Å². The molecule has 0 bridgehead atoms. The molecule has 0 atom stereocenters. The normalized spacial score (nSPS) is 10.8. The van der Waals surface area contributed by atoms with Gasteiger partial charge in [0.15, 0.2) is 5.96 Å². The van der Waals surface area contributed by atoms with E-state index in [0.29, 0.717) is 26.3 Å². The topological polar surface area (TPSA) is 54.9 Å². The zero-order valence-corrected chi connectivity index (χ0v) is 17.7. The van der Waals surface area contributed by atoms with Gasteiger partial charge in [0.05, 0.1) is 13.2 Å². The molecule has 26 heavy (non-hydrogen) atoms. The Balaban J connectivity index is 0.00000338. The van der Waals surface area contributed by atoms with Crippen molar-refractivity contribution >= 4 is 29.9 Å². The predicted octanol–water partition coefficient (Wildman–Crippen LogP) is 3.59. The Hall–Kier alpha value is -1.80. The summed E-state index contributed by atoms with van der Waals surface area (Å²) in [5.41, 5.74) is 2.38. The van der Waals surface area contributed by atoms with Crippen LogP contribution >= 0.6 is 24.0 Å². The summed E-state index contributed by atoms with van der Waals surface area (Å²) in [4.78, 5) is 4.22. The fourth-order valence-electron chi connectivity index (χ4n) is 2.23. The summed E-state index contributed by atoms with van der Waals surface area (Å²) in [5.74, 6) is 1.63. The average Bonchev–Trinajstić information content (AvgIpc) is 2.67. The molecule has 2 aromatic carbocycles. The molecule has 0 radical (unpaired) electrons. The van der Waals surface area contributed by atoms with Gasteiger partial charge in [0.1, 0.15) is 12.4 Å². The number of para-hydroxylation sites is 1. The maximum Gasteiger partial charge on any atom is 0.191 e. The molecule has 0 fully saturated rings. The average molecular weight is 469 g/mol. The molecule has 0 spiro atoms. The number of ether oxygens (including phenoxy) is 2. The monoisotopic (exact) mass is 469 g/mol. The van der Waals surface area contributed by atoms with E-state index in [1.165, 1.54) is 11.1 Å². The van der Waals surface area contributed by atoms with Gasteiger partial charge in [-0.1, -0.05) is 42.5 Å². The summed E-state index contributed by atoms with van der Waals surface area (Å²) >= 11 is 0. The SMILES string of the molecule is CCOCc1ccc(CNC(=NC)NCCOc2ccccc2)cc1.I. The summed E-state index contributed by atoms with van der Waals surface area (Å²) in [6.07, 6.45) is 0. The van der Waals surface area contributed by atoms with Crippen LogP contribution in [0, 0.1) is 0 Å². The molecule has 0 aliphatic carbocycles. The second-order valence-corrected chi connectivity index (χ2v) is 5.47. The Bertz CT molecular complexity index is 633. The molecule has 0 heterocycles. The van der Waals surface area contributed by atoms with Crippen LogP contribution in [0.1, 0.15) is 18.1 Å². The van der Waals surface area contributed by atoms with Gasteiger partial charge in [-0.05, 0) is 30.2 Å². The number of aliphatic imine (C=N–C) groups is 1. The van der Waals surface area contributed by atoms with Crippen LogP contribution in [0.25, 0.3) is 0 Å². The van der Waals surface area contributed by atoms with Gasteiger partial charge in [-0.15, -0.1) is 24.0 Å². The van der Waals surface area contributed by atoms with E-state index in [4.69, 9.17) is 9.47 Å². The smallest absolute Gasteiger partial charge is 0.191 e. The summed E-state index contributed by atoms with van der Waals surface area (Å²) < 4.78 is 11.1. The van der Waals surface area contributed by atoms with Gasteiger partial charge in [-0.2, -0.15) is 0 Å². The molecule has 2 aromatic rings. The van der Waals surface area contributed by atoms with E-state index in [9.17, 15) is 0 Å². The Morgan fingerprint density at radius 1 is 0.962 bits per heavy atom.